The Morgan fingerprint density at radius 2 is 1.69 bits per heavy atom. The summed E-state index contributed by atoms with van der Waals surface area (Å²) in [6, 6.07) is 12.2. The Bertz CT molecular complexity index is 1060. The number of benzene rings is 2. The second kappa shape index (κ2) is 10.5. The summed E-state index contributed by atoms with van der Waals surface area (Å²) in [6.07, 6.45) is 2.76. The molecule has 1 saturated carbocycles. The molecule has 9 heteroatoms. The minimum Gasteiger partial charge on any atom is -0.369 e. The smallest absolute Gasteiger partial charge is 0.251 e. The Labute approximate surface area is 194 Å². The molecule has 0 bridgehead atoms. The van der Waals surface area contributed by atoms with Gasteiger partial charge in [0, 0.05) is 29.7 Å². The third-order valence-electron chi connectivity index (χ3n) is 5.78. The van der Waals surface area contributed by atoms with Gasteiger partial charge in [-0.3, -0.25) is 9.59 Å². The molecule has 0 aromatic heterocycles. The Kier molecular flexibility index (Phi) is 7.92. The van der Waals surface area contributed by atoms with Crippen LogP contribution in [-0.2, 0) is 21.4 Å². The molecule has 172 valence electrons. The molecular weight excluding hydrogens is 450 g/mol. The van der Waals surface area contributed by atoms with Gasteiger partial charge in [0.15, 0.2) is 0 Å². The van der Waals surface area contributed by atoms with Crippen LogP contribution in [0, 0.1) is 5.92 Å². The maximum Gasteiger partial charge on any atom is 0.251 e. The standard InChI is InChI=1S/C23H28ClN3O4S/c1-2-26-23(29)17-9-7-16(8-10-17)15-27(21-6-4-3-5-20(21)22(25)28)32(30,31)19-13-11-18(24)12-14-19/h7-14,20-21H,2-6,15H2,1H3,(H2,25,28)(H,26,29). The van der Waals surface area contributed by atoms with Crippen molar-refractivity contribution in [1.82, 2.24) is 9.62 Å². The summed E-state index contributed by atoms with van der Waals surface area (Å²) in [6.45, 7) is 2.42. The van der Waals surface area contributed by atoms with E-state index in [1.807, 2.05) is 6.92 Å². The number of amides is 2. The van der Waals surface area contributed by atoms with Crippen LogP contribution in [0.2, 0.25) is 5.02 Å². The fourth-order valence-corrected chi connectivity index (χ4v) is 5.92. The number of nitrogens with two attached hydrogens (primary N) is 1. The second-order valence-electron chi connectivity index (χ2n) is 7.92. The Hall–Kier alpha value is -2.42. The van der Waals surface area contributed by atoms with Crippen molar-refractivity contribution in [1.29, 1.82) is 0 Å². The van der Waals surface area contributed by atoms with Crippen LogP contribution in [0.3, 0.4) is 0 Å². The highest BCUT2D eigenvalue weighted by Crippen LogP contribution is 2.33. The number of halogens is 1. The first-order chi connectivity index (χ1) is 15.2. The van der Waals surface area contributed by atoms with Crippen molar-refractivity contribution in [2.24, 2.45) is 11.7 Å². The van der Waals surface area contributed by atoms with Gasteiger partial charge in [0.2, 0.25) is 15.9 Å². The number of carbonyl (C=O) groups excluding carboxylic acids is 2. The van der Waals surface area contributed by atoms with E-state index in [-0.39, 0.29) is 17.3 Å². The largest absolute Gasteiger partial charge is 0.369 e. The van der Waals surface area contributed by atoms with Crippen LogP contribution >= 0.6 is 11.6 Å². The van der Waals surface area contributed by atoms with Crippen molar-refractivity contribution in [2.75, 3.05) is 6.54 Å². The van der Waals surface area contributed by atoms with Gasteiger partial charge in [-0.1, -0.05) is 36.6 Å². The number of sulfonamides is 1. The molecule has 7 nitrogen and oxygen atoms in total. The average molecular weight is 478 g/mol. The molecule has 3 rings (SSSR count). The zero-order valence-corrected chi connectivity index (χ0v) is 19.5. The third-order valence-corrected chi connectivity index (χ3v) is 7.91. The Morgan fingerprint density at radius 1 is 1.06 bits per heavy atom. The van der Waals surface area contributed by atoms with E-state index in [2.05, 4.69) is 5.32 Å². The van der Waals surface area contributed by atoms with Crippen molar-refractivity contribution in [3.8, 4) is 0 Å². The van der Waals surface area contributed by atoms with Crippen LogP contribution < -0.4 is 11.1 Å². The molecule has 0 heterocycles. The number of nitrogens with zero attached hydrogens (tertiary/aromatic N) is 1. The zero-order valence-electron chi connectivity index (χ0n) is 18.0. The number of rotatable bonds is 8. The maximum absolute atomic E-state index is 13.6. The number of carbonyl (C=O) groups is 2. The van der Waals surface area contributed by atoms with E-state index < -0.39 is 27.9 Å². The van der Waals surface area contributed by atoms with E-state index in [1.54, 1.807) is 24.3 Å². The van der Waals surface area contributed by atoms with E-state index in [1.165, 1.54) is 28.6 Å². The lowest BCUT2D eigenvalue weighted by molar-refractivity contribution is -0.124. The number of primary amides is 1. The minimum atomic E-state index is -3.93. The predicted molar refractivity (Wildman–Crippen MR) is 124 cm³/mol. The molecular formula is C23H28ClN3O4S. The highest BCUT2D eigenvalue weighted by atomic mass is 35.5. The van der Waals surface area contributed by atoms with Crippen molar-refractivity contribution in [2.45, 2.75) is 50.1 Å². The van der Waals surface area contributed by atoms with Gasteiger partial charge in [-0.05, 0) is 61.7 Å². The van der Waals surface area contributed by atoms with E-state index in [9.17, 15) is 18.0 Å². The van der Waals surface area contributed by atoms with Crippen LogP contribution in [-0.4, -0.2) is 37.1 Å². The lowest BCUT2D eigenvalue weighted by Crippen LogP contribution is -2.49. The molecule has 2 aromatic rings. The molecule has 1 fully saturated rings. The fraction of sp³-hybridized carbons (Fsp3) is 0.391. The molecule has 1 aliphatic carbocycles. The lowest BCUT2D eigenvalue weighted by atomic mass is 9.84. The monoisotopic (exact) mass is 477 g/mol. The average Bonchev–Trinajstić information content (AvgIpc) is 2.78. The molecule has 3 N–H and O–H groups in total. The summed E-state index contributed by atoms with van der Waals surface area (Å²) in [4.78, 5) is 24.3. The van der Waals surface area contributed by atoms with Gasteiger partial charge in [0.25, 0.3) is 5.91 Å². The molecule has 0 radical (unpaired) electrons. The highest BCUT2D eigenvalue weighted by molar-refractivity contribution is 7.89. The minimum absolute atomic E-state index is 0.0646. The van der Waals surface area contributed by atoms with Crippen molar-refractivity contribution < 1.29 is 18.0 Å². The van der Waals surface area contributed by atoms with E-state index in [4.69, 9.17) is 17.3 Å². The van der Waals surface area contributed by atoms with Crippen molar-refractivity contribution in [3.05, 3.63) is 64.7 Å². The number of nitrogens with one attached hydrogen (secondary N) is 1. The van der Waals surface area contributed by atoms with Crippen LogP contribution in [0.5, 0.6) is 0 Å². The Morgan fingerprint density at radius 3 is 2.28 bits per heavy atom. The Balaban J connectivity index is 1.97. The van der Waals surface area contributed by atoms with Gasteiger partial charge in [0.05, 0.1) is 10.8 Å². The van der Waals surface area contributed by atoms with E-state index in [0.717, 1.165) is 12.8 Å². The molecule has 0 aliphatic heterocycles. The van der Waals surface area contributed by atoms with Gasteiger partial charge in [0.1, 0.15) is 0 Å². The summed E-state index contributed by atoms with van der Waals surface area (Å²) in [5, 5.41) is 3.17. The van der Waals surface area contributed by atoms with Crippen LogP contribution in [0.15, 0.2) is 53.4 Å². The van der Waals surface area contributed by atoms with Crippen LogP contribution in [0.1, 0.15) is 48.5 Å². The molecule has 2 unspecified atom stereocenters. The first kappa shape index (κ1) is 24.2. The SMILES string of the molecule is CCNC(=O)c1ccc(CN(C2CCCCC2C(N)=O)S(=O)(=O)c2ccc(Cl)cc2)cc1. The van der Waals surface area contributed by atoms with Gasteiger partial charge in [-0.25, -0.2) is 8.42 Å². The van der Waals surface area contributed by atoms with Crippen molar-refractivity contribution in [3.63, 3.8) is 0 Å². The van der Waals surface area contributed by atoms with Gasteiger partial charge >= 0.3 is 0 Å². The topological polar surface area (TPSA) is 110 Å². The summed E-state index contributed by atoms with van der Waals surface area (Å²) in [7, 11) is -3.93. The molecule has 1 aliphatic rings. The van der Waals surface area contributed by atoms with Gasteiger partial charge in [-0.2, -0.15) is 4.31 Å². The van der Waals surface area contributed by atoms with Gasteiger partial charge in [-0.15, -0.1) is 0 Å². The van der Waals surface area contributed by atoms with Crippen LogP contribution in [0.25, 0.3) is 0 Å². The van der Waals surface area contributed by atoms with Gasteiger partial charge < -0.3 is 11.1 Å². The first-order valence-corrected chi connectivity index (χ1v) is 12.5. The molecule has 32 heavy (non-hydrogen) atoms. The molecule has 2 amide bonds. The summed E-state index contributed by atoms with van der Waals surface area (Å²) >= 11 is 5.95. The third kappa shape index (κ3) is 5.49. The van der Waals surface area contributed by atoms with Crippen molar-refractivity contribution >= 4 is 33.4 Å². The molecule has 0 spiro atoms. The summed E-state index contributed by atoms with van der Waals surface area (Å²) in [5.74, 6) is -1.23. The van der Waals surface area contributed by atoms with Crippen LogP contribution in [0.4, 0.5) is 0 Å². The normalized spacial score (nSPS) is 19.0. The molecule has 0 saturated heterocycles. The number of hydrogen-bond donors (Lipinski definition) is 2. The van der Waals surface area contributed by atoms with E-state index >= 15 is 0 Å². The first-order valence-electron chi connectivity index (χ1n) is 10.7. The lowest BCUT2D eigenvalue weighted by Gasteiger charge is -2.38. The molecule has 2 aromatic carbocycles. The number of hydrogen-bond acceptors (Lipinski definition) is 4. The quantitative estimate of drug-likeness (QED) is 0.607. The highest BCUT2D eigenvalue weighted by Gasteiger charge is 2.40. The molecule has 2 atom stereocenters. The fourth-order valence-electron chi connectivity index (χ4n) is 4.11. The summed E-state index contributed by atoms with van der Waals surface area (Å²) < 4.78 is 28.7. The second-order valence-corrected chi connectivity index (χ2v) is 10.2. The zero-order chi connectivity index (χ0) is 23.3. The summed E-state index contributed by atoms with van der Waals surface area (Å²) in [5.41, 5.74) is 6.86. The predicted octanol–water partition coefficient (Wildman–Crippen LogP) is 3.32. The van der Waals surface area contributed by atoms with E-state index in [0.29, 0.717) is 35.5 Å². The maximum atomic E-state index is 13.6.